The van der Waals surface area contributed by atoms with Crippen molar-refractivity contribution in [3.05, 3.63) is 59.1 Å². The maximum absolute atomic E-state index is 12.1. The van der Waals surface area contributed by atoms with Gasteiger partial charge < -0.3 is 10.1 Å². The number of halogens is 1. The molecule has 0 bridgehead atoms. The fourth-order valence-corrected chi connectivity index (χ4v) is 2.30. The number of nitrogens with one attached hydrogen (secondary N) is 1. The van der Waals surface area contributed by atoms with Crippen LogP contribution in [0.5, 0.6) is 5.75 Å². The quantitative estimate of drug-likeness (QED) is 0.912. The summed E-state index contributed by atoms with van der Waals surface area (Å²) in [4.78, 5) is 12.1. The molecular formula is C15H12ClNO2. The number of carbonyl (C=O) groups excluding carboxylic acids is 1. The second kappa shape index (κ2) is 4.94. The number of fused-ring (bicyclic) bond motifs is 1. The van der Waals surface area contributed by atoms with E-state index in [4.69, 9.17) is 16.3 Å². The number of ether oxygens (including phenoxy) is 1. The van der Waals surface area contributed by atoms with Crippen molar-refractivity contribution >= 4 is 23.2 Å². The predicted octanol–water partition coefficient (Wildman–Crippen LogP) is 3.28. The van der Waals surface area contributed by atoms with E-state index >= 15 is 0 Å². The SMILES string of the molecule is O=C(Nc1ccccc1)[C@H]1Cc2cc(Cl)ccc2O1. The molecule has 0 radical (unpaired) electrons. The monoisotopic (exact) mass is 273 g/mol. The summed E-state index contributed by atoms with van der Waals surface area (Å²) in [5, 5.41) is 3.50. The molecule has 0 aromatic heterocycles. The predicted molar refractivity (Wildman–Crippen MR) is 74.6 cm³/mol. The van der Waals surface area contributed by atoms with E-state index in [1.54, 1.807) is 12.1 Å². The summed E-state index contributed by atoms with van der Waals surface area (Å²) in [5.41, 5.74) is 1.74. The van der Waals surface area contributed by atoms with Crippen LogP contribution in [0.4, 0.5) is 5.69 Å². The van der Waals surface area contributed by atoms with E-state index in [-0.39, 0.29) is 5.91 Å². The zero-order chi connectivity index (χ0) is 13.2. The number of hydrogen-bond acceptors (Lipinski definition) is 2. The molecule has 0 unspecified atom stereocenters. The standard InChI is InChI=1S/C15H12ClNO2/c16-11-6-7-13-10(8-11)9-14(19-13)15(18)17-12-4-2-1-3-5-12/h1-8,14H,9H2,(H,17,18)/t14-/m1/s1. The van der Waals surface area contributed by atoms with Gasteiger partial charge in [-0.25, -0.2) is 0 Å². The molecule has 0 spiro atoms. The zero-order valence-electron chi connectivity index (χ0n) is 10.1. The number of para-hydroxylation sites is 1. The van der Waals surface area contributed by atoms with Gasteiger partial charge in [-0.2, -0.15) is 0 Å². The van der Waals surface area contributed by atoms with Crippen molar-refractivity contribution in [3.8, 4) is 5.75 Å². The van der Waals surface area contributed by atoms with Gasteiger partial charge in [0, 0.05) is 17.1 Å². The van der Waals surface area contributed by atoms with Gasteiger partial charge in [0.2, 0.25) is 0 Å². The van der Waals surface area contributed by atoms with Gasteiger partial charge in [0.05, 0.1) is 0 Å². The Morgan fingerprint density at radius 2 is 2.00 bits per heavy atom. The number of hydrogen-bond donors (Lipinski definition) is 1. The molecule has 0 fully saturated rings. The normalized spacial score (nSPS) is 16.6. The van der Waals surface area contributed by atoms with Crippen LogP contribution in [0.1, 0.15) is 5.56 Å². The third-order valence-electron chi connectivity index (χ3n) is 3.03. The maximum Gasteiger partial charge on any atom is 0.265 e. The van der Waals surface area contributed by atoms with Gasteiger partial charge in [-0.15, -0.1) is 0 Å². The number of benzene rings is 2. The second-order valence-electron chi connectivity index (χ2n) is 4.42. The topological polar surface area (TPSA) is 38.3 Å². The van der Waals surface area contributed by atoms with Gasteiger partial charge in [-0.05, 0) is 35.9 Å². The third kappa shape index (κ3) is 2.56. The molecule has 1 N–H and O–H groups in total. The second-order valence-corrected chi connectivity index (χ2v) is 4.85. The lowest BCUT2D eigenvalue weighted by atomic mass is 10.1. The highest BCUT2D eigenvalue weighted by atomic mass is 35.5. The highest BCUT2D eigenvalue weighted by molar-refractivity contribution is 6.30. The molecule has 4 heteroatoms. The van der Waals surface area contributed by atoms with E-state index in [0.29, 0.717) is 11.4 Å². The van der Waals surface area contributed by atoms with Crippen molar-refractivity contribution in [3.63, 3.8) is 0 Å². The van der Waals surface area contributed by atoms with E-state index in [9.17, 15) is 4.79 Å². The molecule has 0 aliphatic carbocycles. The van der Waals surface area contributed by atoms with Crippen LogP contribution in [-0.4, -0.2) is 12.0 Å². The molecule has 1 heterocycles. The Kier molecular flexibility index (Phi) is 3.13. The van der Waals surface area contributed by atoms with Gasteiger partial charge in [0.1, 0.15) is 5.75 Å². The maximum atomic E-state index is 12.1. The number of rotatable bonds is 2. The number of anilines is 1. The summed E-state index contributed by atoms with van der Waals surface area (Å²) < 4.78 is 5.63. The number of amides is 1. The van der Waals surface area contributed by atoms with Crippen LogP contribution in [-0.2, 0) is 11.2 Å². The lowest BCUT2D eigenvalue weighted by Crippen LogP contribution is -2.31. The molecule has 2 aromatic carbocycles. The molecule has 3 nitrogen and oxygen atoms in total. The van der Waals surface area contributed by atoms with Gasteiger partial charge >= 0.3 is 0 Å². The van der Waals surface area contributed by atoms with Crippen molar-refractivity contribution in [1.29, 1.82) is 0 Å². The van der Waals surface area contributed by atoms with Gasteiger partial charge in [0.15, 0.2) is 6.10 Å². The molecule has 0 saturated carbocycles. The highest BCUT2D eigenvalue weighted by Gasteiger charge is 2.29. The first-order valence-electron chi connectivity index (χ1n) is 6.03. The van der Waals surface area contributed by atoms with E-state index in [1.807, 2.05) is 36.4 Å². The Balaban J connectivity index is 1.71. The largest absolute Gasteiger partial charge is 0.480 e. The van der Waals surface area contributed by atoms with E-state index in [1.165, 1.54) is 0 Å². The zero-order valence-corrected chi connectivity index (χ0v) is 10.9. The van der Waals surface area contributed by atoms with Crippen molar-refractivity contribution in [2.75, 3.05) is 5.32 Å². The summed E-state index contributed by atoms with van der Waals surface area (Å²) in [7, 11) is 0. The fraction of sp³-hybridized carbons (Fsp3) is 0.133. The Hall–Kier alpha value is -2.00. The first kappa shape index (κ1) is 12.1. The molecule has 1 amide bonds. The minimum atomic E-state index is -0.492. The first-order chi connectivity index (χ1) is 9.22. The first-order valence-corrected chi connectivity index (χ1v) is 6.41. The molecule has 96 valence electrons. The van der Waals surface area contributed by atoms with E-state index < -0.39 is 6.10 Å². The lowest BCUT2D eigenvalue weighted by Gasteiger charge is -2.11. The van der Waals surface area contributed by atoms with Crippen molar-refractivity contribution in [1.82, 2.24) is 0 Å². The summed E-state index contributed by atoms with van der Waals surface area (Å²) in [6, 6.07) is 14.7. The van der Waals surface area contributed by atoms with Crippen LogP contribution < -0.4 is 10.1 Å². The number of carbonyl (C=O) groups is 1. The van der Waals surface area contributed by atoms with E-state index in [0.717, 1.165) is 17.0 Å². The van der Waals surface area contributed by atoms with Crippen molar-refractivity contribution < 1.29 is 9.53 Å². The molecular weight excluding hydrogens is 262 g/mol. The Morgan fingerprint density at radius 1 is 1.21 bits per heavy atom. The van der Waals surface area contributed by atoms with Crippen molar-refractivity contribution in [2.45, 2.75) is 12.5 Å². The highest BCUT2D eigenvalue weighted by Crippen LogP contribution is 2.31. The molecule has 0 saturated heterocycles. The summed E-state index contributed by atoms with van der Waals surface area (Å²) >= 11 is 5.92. The fourth-order valence-electron chi connectivity index (χ4n) is 2.11. The van der Waals surface area contributed by atoms with Crippen LogP contribution in [0.2, 0.25) is 5.02 Å². The molecule has 1 atom stereocenters. The van der Waals surface area contributed by atoms with Crippen LogP contribution in [0.3, 0.4) is 0 Å². The van der Waals surface area contributed by atoms with Gasteiger partial charge in [0.25, 0.3) is 5.91 Å². The average Bonchev–Trinajstić information content (AvgIpc) is 2.83. The summed E-state index contributed by atoms with van der Waals surface area (Å²) in [6.07, 6.45) is 0.0582. The Morgan fingerprint density at radius 3 is 2.79 bits per heavy atom. The third-order valence-corrected chi connectivity index (χ3v) is 3.27. The minimum Gasteiger partial charge on any atom is -0.480 e. The molecule has 3 rings (SSSR count). The van der Waals surface area contributed by atoms with Gasteiger partial charge in [-0.3, -0.25) is 4.79 Å². The summed E-state index contributed by atoms with van der Waals surface area (Å²) in [5.74, 6) is 0.594. The van der Waals surface area contributed by atoms with Crippen LogP contribution >= 0.6 is 11.6 Å². The molecule has 2 aromatic rings. The molecule has 1 aliphatic rings. The van der Waals surface area contributed by atoms with Crippen LogP contribution in [0.15, 0.2) is 48.5 Å². The Labute approximate surface area is 116 Å². The lowest BCUT2D eigenvalue weighted by molar-refractivity contribution is -0.122. The van der Waals surface area contributed by atoms with Crippen LogP contribution in [0.25, 0.3) is 0 Å². The Bertz CT molecular complexity index is 613. The van der Waals surface area contributed by atoms with E-state index in [2.05, 4.69) is 5.32 Å². The van der Waals surface area contributed by atoms with Gasteiger partial charge in [-0.1, -0.05) is 29.8 Å². The smallest absolute Gasteiger partial charge is 0.265 e. The minimum absolute atomic E-state index is 0.140. The van der Waals surface area contributed by atoms with Crippen LogP contribution in [0, 0.1) is 0 Å². The molecule has 1 aliphatic heterocycles. The average molecular weight is 274 g/mol. The van der Waals surface area contributed by atoms with Crippen molar-refractivity contribution in [2.24, 2.45) is 0 Å². The summed E-state index contributed by atoms with van der Waals surface area (Å²) in [6.45, 7) is 0. The molecule has 19 heavy (non-hydrogen) atoms.